The summed E-state index contributed by atoms with van der Waals surface area (Å²) in [4.78, 5) is 31.7. The lowest BCUT2D eigenvalue weighted by molar-refractivity contribution is -0.386. The number of halogens is 1. The molecule has 0 aromatic heterocycles. The summed E-state index contributed by atoms with van der Waals surface area (Å²) in [5.74, 6) is -0.989. The fraction of sp³-hybridized carbons (Fsp3) is 0.0667. The maximum Gasteiger partial charge on any atom is 0.312 e. The molecule has 2 aromatic carbocycles. The van der Waals surface area contributed by atoms with Gasteiger partial charge in [-0.1, -0.05) is 15.9 Å². The summed E-state index contributed by atoms with van der Waals surface area (Å²) < 4.78 is 5.49. The Balaban J connectivity index is 1.93. The summed E-state index contributed by atoms with van der Waals surface area (Å²) in [5, 5.41) is 34.8. The molecule has 0 aliphatic heterocycles. The maximum atomic E-state index is 11.7. The number of ether oxygens (including phenoxy) is 1. The zero-order chi connectivity index (χ0) is 20.0. The molecule has 0 atom stereocenters. The van der Waals surface area contributed by atoms with Crippen LogP contribution in [0.2, 0.25) is 0 Å². The summed E-state index contributed by atoms with van der Waals surface area (Å²) in [5.41, 5.74) is 1.52. The van der Waals surface area contributed by atoms with E-state index >= 15 is 0 Å². The summed E-state index contributed by atoms with van der Waals surface area (Å²) in [6.07, 6.45) is 1.04. The number of benzene rings is 2. The Kier molecular flexibility index (Phi) is 6.38. The van der Waals surface area contributed by atoms with Gasteiger partial charge >= 0.3 is 5.69 Å². The molecule has 12 heteroatoms. The van der Waals surface area contributed by atoms with Crippen molar-refractivity contribution >= 4 is 39.4 Å². The zero-order valence-corrected chi connectivity index (χ0v) is 15.0. The second-order valence-corrected chi connectivity index (χ2v) is 5.87. The van der Waals surface area contributed by atoms with Crippen LogP contribution in [-0.4, -0.2) is 33.7 Å². The average molecular weight is 439 g/mol. The first kappa shape index (κ1) is 19.8. The molecular weight excluding hydrogens is 428 g/mol. The second-order valence-electron chi connectivity index (χ2n) is 4.95. The smallest absolute Gasteiger partial charge is 0.312 e. The molecule has 2 N–H and O–H groups in total. The van der Waals surface area contributed by atoms with E-state index in [-0.39, 0.29) is 17.0 Å². The number of nitrogens with one attached hydrogen (secondary N) is 1. The van der Waals surface area contributed by atoms with Crippen molar-refractivity contribution in [2.24, 2.45) is 5.10 Å². The van der Waals surface area contributed by atoms with Gasteiger partial charge < -0.3 is 9.84 Å². The van der Waals surface area contributed by atoms with E-state index in [1.807, 2.05) is 0 Å². The summed E-state index contributed by atoms with van der Waals surface area (Å²) >= 11 is 3.07. The molecule has 2 aromatic rings. The van der Waals surface area contributed by atoms with Crippen LogP contribution in [0.1, 0.15) is 5.56 Å². The number of rotatable bonds is 7. The van der Waals surface area contributed by atoms with Gasteiger partial charge in [-0.2, -0.15) is 5.10 Å². The number of amides is 1. The highest BCUT2D eigenvalue weighted by molar-refractivity contribution is 9.10. The minimum Gasteiger partial charge on any atom is -0.502 e. The standard InChI is InChI=1S/C15H11BrN4O7/c16-10-5-9(15(22)13(6-10)20(25)26)7-17-18-14(21)8-27-12-3-1-11(2-4-12)19(23)24/h1-7,22H,8H2,(H,18,21)/b17-7+. The number of phenols is 1. The first-order chi connectivity index (χ1) is 12.8. The van der Waals surface area contributed by atoms with Gasteiger partial charge in [-0.25, -0.2) is 5.43 Å². The van der Waals surface area contributed by atoms with Gasteiger partial charge in [0, 0.05) is 28.2 Å². The van der Waals surface area contributed by atoms with E-state index in [4.69, 9.17) is 4.74 Å². The Morgan fingerprint density at radius 2 is 1.89 bits per heavy atom. The molecule has 0 saturated heterocycles. The molecule has 1 amide bonds. The van der Waals surface area contributed by atoms with E-state index in [9.17, 15) is 30.1 Å². The molecule has 0 aliphatic carbocycles. The summed E-state index contributed by atoms with van der Waals surface area (Å²) in [7, 11) is 0. The van der Waals surface area contributed by atoms with E-state index in [1.54, 1.807) is 0 Å². The fourth-order valence-electron chi connectivity index (χ4n) is 1.86. The van der Waals surface area contributed by atoms with Crippen molar-refractivity contribution in [2.45, 2.75) is 0 Å². The average Bonchev–Trinajstić information content (AvgIpc) is 2.62. The first-order valence-electron chi connectivity index (χ1n) is 7.14. The number of nitro groups is 2. The molecule has 27 heavy (non-hydrogen) atoms. The lowest BCUT2D eigenvalue weighted by atomic mass is 10.2. The summed E-state index contributed by atoms with van der Waals surface area (Å²) in [6, 6.07) is 7.65. The maximum absolute atomic E-state index is 11.7. The SMILES string of the molecule is O=C(COc1ccc([N+](=O)[O-])cc1)N/N=C/c1cc(Br)cc([N+](=O)[O-])c1O. The van der Waals surface area contributed by atoms with E-state index < -0.39 is 33.8 Å². The van der Waals surface area contributed by atoms with Crippen molar-refractivity contribution in [1.82, 2.24) is 5.43 Å². The van der Waals surface area contributed by atoms with Crippen LogP contribution in [0.5, 0.6) is 11.5 Å². The minimum atomic E-state index is -0.756. The molecule has 0 radical (unpaired) electrons. The van der Waals surface area contributed by atoms with Gasteiger partial charge in [0.2, 0.25) is 5.75 Å². The monoisotopic (exact) mass is 438 g/mol. The van der Waals surface area contributed by atoms with Gasteiger partial charge in [0.25, 0.3) is 11.6 Å². The van der Waals surface area contributed by atoms with E-state index in [0.29, 0.717) is 4.47 Å². The third kappa shape index (κ3) is 5.47. The predicted molar refractivity (Wildman–Crippen MR) is 96.8 cm³/mol. The van der Waals surface area contributed by atoms with Crippen LogP contribution >= 0.6 is 15.9 Å². The predicted octanol–water partition coefficient (Wildman–Crippen LogP) is 2.50. The van der Waals surface area contributed by atoms with Gasteiger partial charge in [0.15, 0.2) is 6.61 Å². The Morgan fingerprint density at radius 1 is 1.22 bits per heavy atom. The van der Waals surface area contributed by atoms with Crippen LogP contribution in [-0.2, 0) is 4.79 Å². The van der Waals surface area contributed by atoms with Crippen molar-refractivity contribution in [1.29, 1.82) is 0 Å². The fourth-order valence-corrected chi connectivity index (χ4v) is 2.33. The molecule has 0 bridgehead atoms. The number of nitrogens with zero attached hydrogens (tertiary/aromatic N) is 3. The van der Waals surface area contributed by atoms with Crippen LogP contribution < -0.4 is 10.2 Å². The molecular formula is C15H11BrN4O7. The molecule has 0 aliphatic rings. The second kappa shape index (κ2) is 8.71. The van der Waals surface area contributed by atoms with Crippen molar-refractivity contribution in [3.8, 4) is 11.5 Å². The minimum absolute atomic E-state index is 0.0210. The highest BCUT2D eigenvalue weighted by atomic mass is 79.9. The molecule has 2 rings (SSSR count). The van der Waals surface area contributed by atoms with Crippen molar-refractivity contribution in [3.63, 3.8) is 0 Å². The number of nitro benzene ring substituents is 2. The topological polar surface area (TPSA) is 157 Å². The largest absolute Gasteiger partial charge is 0.502 e. The van der Waals surface area contributed by atoms with Gasteiger partial charge in [-0.3, -0.25) is 25.0 Å². The normalized spacial score (nSPS) is 10.6. The van der Waals surface area contributed by atoms with E-state index in [1.165, 1.54) is 30.3 Å². The third-order valence-corrected chi connectivity index (χ3v) is 3.55. The molecule has 11 nitrogen and oxygen atoms in total. The zero-order valence-electron chi connectivity index (χ0n) is 13.4. The van der Waals surface area contributed by atoms with Gasteiger partial charge in [0.1, 0.15) is 5.75 Å². The number of aromatic hydroxyl groups is 1. The number of carbonyl (C=O) groups excluding carboxylic acids is 1. The molecule has 0 fully saturated rings. The molecule has 0 unspecified atom stereocenters. The Morgan fingerprint density at radius 3 is 2.48 bits per heavy atom. The van der Waals surface area contributed by atoms with Crippen LogP contribution in [0.25, 0.3) is 0 Å². The number of phenolic OH excluding ortho intramolecular Hbond substituents is 1. The van der Waals surface area contributed by atoms with Crippen LogP contribution in [0.15, 0.2) is 46.0 Å². The Hall–Kier alpha value is -3.54. The molecule has 0 saturated carbocycles. The Labute approximate surface area is 159 Å². The highest BCUT2D eigenvalue weighted by Gasteiger charge is 2.17. The summed E-state index contributed by atoms with van der Waals surface area (Å²) in [6.45, 7) is -0.417. The quantitative estimate of drug-likeness (QED) is 0.381. The highest BCUT2D eigenvalue weighted by Crippen LogP contribution is 2.32. The first-order valence-corrected chi connectivity index (χ1v) is 7.93. The number of hydrogen-bond donors (Lipinski definition) is 2. The van der Waals surface area contributed by atoms with Crippen LogP contribution in [0.3, 0.4) is 0 Å². The Bertz CT molecular complexity index is 915. The van der Waals surface area contributed by atoms with Gasteiger partial charge in [-0.15, -0.1) is 0 Å². The lowest BCUT2D eigenvalue weighted by Gasteiger charge is -2.05. The van der Waals surface area contributed by atoms with E-state index in [2.05, 4.69) is 26.5 Å². The van der Waals surface area contributed by atoms with Crippen molar-refractivity contribution in [3.05, 3.63) is 66.7 Å². The molecule has 0 heterocycles. The van der Waals surface area contributed by atoms with Gasteiger partial charge in [0.05, 0.1) is 16.1 Å². The van der Waals surface area contributed by atoms with Gasteiger partial charge in [-0.05, 0) is 18.2 Å². The van der Waals surface area contributed by atoms with Crippen molar-refractivity contribution in [2.75, 3.05) is 6.61 Å². The lowest BCUT2D eigenvalue weighted by Crippen LogP contribution is -2.24. The number of hydrogen-bond acceptors (Lipinski definition) is 8. The number of non-ortho nitro benzene ring substituents is 1. The molecule has 0 spiro atoms. The molecule has 140 valence electrons. The van der Waals surface area contributed by atoms with E-state index in [0.717, 1.165) is 12.3 Å². The third-order valence-electron chi connectivity index (χ3n) is 3.09. The van der Waals surface area contributed by atoms with Crippen molar-refractivity contribution < 1.29 is 24.5 Å². The number of hydrazone groups is 1. The number of carbonyl (C=O) groups is 1. The van der Waals surface area contributed by atoms with Crippen LogP contribution in [0.4, 0.5) is 11.4 Å². The van der Waals surface area contributed by atoms with Crippen LogP contribution in [0, 0.1) is 20.2 Å².